The van der Waals surface area contributed by atoms with E-state index in [1.807, 2.05) is 36.9 Å². The molecule has 2 bridgehead atoms. The zero-order chi connectivity index (χ0) is 15.0. The number of hydrogen-bond acceptors (Lipinski definition) is 3. The molecule has 1 aromatic rings. The highest BCUT2D eigenvalue weighted by Gasteiger charge is 2.34. The normalized spacial score (nSPS) is 26.5. The van der Waals surface area contributed by atoms with Crippen LogP contribution in [0.15, 0.2) is 18.2 Å². The molecule has 2 atom stereocenters. The van der Waals surface area contributed by atoms with E-state index in [0.717, 1.165) is 49.5 Å². The lowest BCUT2D eigenvalue weighted by Gasteiger charge is -2.30. The minimum Gasteiger partial charge on any atom is -0.379 e. The van der Waals surface area contributed by atoms with Crippen LogP contribution in [0.1, 0.15) is 21.5 Å². The highest BCUT2D eigenvalue weighted by molar-refractivity contribution is 5.97. The van der Waals surface area contributed by atoms with Crippen molar-refractivity contribution in [2.24, 2.45) is 5.92 Å². The van der Waals surface area contributed by atoms with Crippen LogP contribution < -0.4 is 0 Å². The van der Waals surface area contributed by atoms with Gasteiger partial charge in [-0.2, -0.15) is 0 Å². The quantitative estimate of drug-likeness (QED) is 0.788. The van der Waals surface area contributed by atoms with Gasteiger partial charge in [-0.15, -0.1) is 0 Å². The van der Waals surface area contributed by atoms with E-state index in [1.54, 1.807) is 0 Å². The fourth-order valence-corrected chi connectivity index (χ4v) is 3.53. The molecule has 2 fully saturated rings. The average molecular weight is 288 g/mol. The van der Waals surface area contributed by atoms with Crippen molar-refractivity contribution in [1.82, 2.24) is 9.80 Å². The average Bonchev–Trinajstić information content (AvgIpc) is 2.66. The van der Waals surface area contributed by atoms with Gasteiger partial charge in [0, 0.05) is 31.1 Å². The van der Waals surface area contributed by atoms with E-state index in [4.69, 9.17) is 4.74 Å². The second kappa shape index (κ2) is 5.78. The number of likely N-dealkylation sites (N-methyl/N-ethyl adjacent to an activating group) is 1. The second-order valence-corrected chi connectivity index (χ2v) is 6.47. The summed E-state index contributed by atoms with van der Waals surface area (Å²) in [6.07, 6.45) is 0. The summed E-state index contributed by atoms with van der Waals surface area (Å²) in [6.45, 7) is 8.11. The third kappa shape index (κ3) is 2.83. The summed E-state index contributed by atoms with van der Waals surface area (Å²) in [5.41, 5.74) is 3.01. The fourth-order valence-electron chi connectivity index (χ4n) is 3.53. The van der Waals surface area contributed by atoms with Gasteiger partial charge in [-0.25, -0.2) is 0 Å². The Hall–Kier alpha value is -1.39. The SMILES string of the molecule is Cc1cccc(C)c1C(=O)N1C[C@@H]2COC[C@H](C1)N(C)C2. The highest BCUT2D eigenvalue weighted by atomic mass is 16.5. The summed E-state index contributed by atoms with van der Waals surface area (Å²) in [5, 5.41) is 0. The lowest BCUT2D eigenvalue weighted by molar-refractivity contribution is 0.0433. The molecule has 21 heavy (non-hydrogen) atoms. The number of fused-ring (bicyclic) bond motifs is 3. The minimum absolute atomic E-state index is 0.179. The van der Waals surface area contributed by atoms with Crippen molar-refractivity contribution in [3.63, 3.8) is 0 Å². The molecular weight excluding hydrogens is 264 g/mol. The Labute approximate surface area is 126 Å². The molecular formula is C17H24N2O2. The molecule has 114 valence electrons. The molecule has 4 nitrogen and oxygen atoms in total. The zero-order valence-electron chi connectivity index (χ0n) is 13.1. The van der Waals surface area contributed by atoms with Gasteiger partial charge in [0.15, 0.2) is 0 Å². The molecule has 2 heterocycles. The van der Waals surface area contributed by atoms with E-state index in [9.17, 15) is 4.79 Å². The number of carbonyl (C=O) groups is 1. The Balaban J connectivity index is 1.88. The van der Waals surface area contributed by atoms with Crippen molar-refractivity contribution in [3.05, 3.63) is 34.9 Å². The minimum atomic E-state index is 0.179. The molecule has 2 aliphatic heterocycles. The van der Waals surface area contributed by atoms with Crippen LogP contribution in [0.5, 0.6) is 0 Å². The van der Waals surface area contributed by atoms with Crippen LogP contribution in [0.25, 0.3) is 0 Å². The van der Waals surface area contributed by atoms with Gasteiger partial charge in [-0.1, -0.05) is 18.2 Å². The maximum Gasteiger partial charge on any atom is 0.254 e. The van der Waals surface area contributed by atoms with Gasteiger partial charge in [0.25, 0.3) is 5.91 Å². The lowest BCUT2D eigenvalue weighted by atomic mass is 10.0. The Morgan fingerprint density at radius 1 is 1.14 bits per heavy atom. The molecule has 0 aliphatic carbocycles. The van der Waals surface area contributed by atoms with Crippen LogP contribution >= 0.6 is 0 Å². The van der Waals surface area contributed by atoms with E-state index < -0.39 is 0 Å². The fraction of sp³-hybridized carbons (Fsp3) is 0.588. The largest absolute Gasteiger partial charge is 0.379 e. The van der Waals surface area contributed by atoms with Crippen LogP contribution in [0, 0.1) is 19.8 Å². The number of amides is 1. The summed E-state index contributed by atoms with van der Waals surface area (Å²) in [5.74, 6) is 0.591. The van der Waals surface area contributed by atoms with Gasteiger partial charge in [0.05, 0.1) is 19.3 Å². The maximum absolute atomic E-state index is 13.0. The lowest BCUT2D eigenvalue weighted by Crippen LogP contribution is -2.45. The van der Waals surface area contributed by atoms with Gasteiger partial charge in [0.2, 0.25) is 0 Å². The molecule has 0 aromatic heterocycles. The smallest absolute Gasteiger partial charge is 0.254 e. The summed E-state index contributed by atoms with van der Waals surface area (Å²) in [7, 11) is 2.14. The van der Waals surface area contributed by atoms with Gasteiger partial charge in [-0.05, 0) is 32.0 Å². The van der Waals surface area contributed by atoms with Gasteiger partial charge in [0.1, 0.15) is 0 Å². The number of aryl methyl sites for hydroxylation is 2. The summed E-state index contributed by atoms with van der Waals surface area (Å²) < 4.78 is 5.73. The molecule has 2 saturated heterocycles. The molecule has 2 aliphatic rings. The number of carbonyl (C=O) groups excluding carboxylic acids is 1. The molecule has 0 saturated carbocycles. The molecule has 1 amide bonds. The van der Waals surface area contributed by atoms with Crippen molar-refractivity contribution < 1.29 is 9.53 Å². The molecule has 0 N–H and O–H groups in total. The van der Waals surface area contributed by atoms with E-state index in [2.05, 4.69) is 11.9 Å². The monoisotopic (exact) mass is 288 g/mol. The molecule has 1 aromatic carbocycles. The molecule has 4 heteroatoms. The first-order valence-corrected chi connectivity index (χ1v) is 7.69. The third-order valence-corrected chi connectivity index (χ3v) is 4.73. The first kappa shape index (κ1) is 14.5. The van der Waals surface area contributed by atoms with Crippen LogP contribution in [0.3, 0.4) is 0 Å². The molecule has 3 rings (SSSR count). The maximum atomic E-state index is 13.0. The Bertz CT molecular complexity index is 523. The second-order valence-electron chi connectivity index (χ2n) is 6.47. The van der Waals surface area contributed by atoms with E-state index >= 15 is 0 Å². The van der Waals surface area contributed by atoms with Crippen molar-refractivity contribution >= 4 is 5.91 Å². The zero-order valence-corrected chi connectivity index (χ0v) is 13.1. The van der Waals surface area contributed by atoms with Crippen molar-refractivity contribution in [2.45, 2.75) is 19.9 Å². The summed E-state index contributed by atoms with van der Waals surface area (Å²) in [6, 6.07) is 6.37. The third-order valence-electron chi connectivity index (χ3n) is 4.73. The van der Waals surface area contributed by atoms with E-state index in [0.29, 0.717) is 12.0 Å². The number of rotatable bonds is 1. The number of benzene rings is 1. The molecule has 0 spiro atoms. The van der Waals surface area contributed by atoms with Crippen molar-refractivity contribution in [2.75, 3.05) is 39.9 Å². The van der Waals surface area contributed by atoms with Gasteiger partial charge in [-0.3, -0.25) is 9.69 Å². The van der Waals surface area contributed by atoms with Crippen LogP contribution in [0.4, 0.5) is 0 Å². The van der Waals surface area contributed by atoms with E-state index in [1.165, 1.54) is 0 Å². The number of nitrogens with zero attached hydrogens (tertiary/aromatic N) is 2. The van der Waals surface area contributed by atoms with Crippen LogP contribution in [-0.4, -0.2) is 61.6 Å². The van der Waals surface area contributed by atoms with E-state index in [-0.39, 0.29) is 5.91 Å². The van der Waals surface area contributed by atoms with Crippen molar-refractivity contribution in [3.8, 4) is 0 Å². The Kier molecular flexibility index (Phi) is 4.00. The van der Waals surface area contributed by atoms with Crippen LogP contribution in [0.2, 0.25) is 0 Å². The summed E-state index contributed by atoms with van der Waals surface area (Å²) in [4.78, 5) is 17.4. The van der Waals surface area contributed by atoms with Gasteiger partial charge < -0.3 is 9.64 Å². The standard InChI is InChI=1S/C17H24N2O2/c1-12-5-4-6-13(2)16(12)17(20)19-8-14-7-18(3)15(9-19)11-21-10-14/h4-6,14-15H,7-11H2,1-3H3/t14-,15+/m1/s1. The van der Waals surface area contributed by atoms with Gasteiger partial charge >= 0.3 is 0 Å². The Morgan fingerprint density at radius 2 is 1.86 bits per heavy atom. The molecule has 0 unspecified atom stereocenters. The predicted molar refractivity (Wildman–Crippen MR) is 82.5 cm³/mol. The molecule has 0 radical (unpaired) electrons. The Morgan fingerprint density at radius 3 is 2.57 bits per heavy atom. The first-order chi connectivity index (χ1) is 10.1. The number of hydrogen-bond donors (Lipinski definition) is 0. The number of ether oxygens (including phenoxy) is 1. The predicted octanol–water partition coefficient (Wildman–Crippen LogP) is 1.71. The topological polar surface area (TPSA) is 32.8 Å². The summed E-state index contributed by atoms with van der Waals surface area (Å²) >= 11 is 0. The van der Waals surface area contributed by atoms with Crippen LogP contribution in [-0.2, 0) is 4.74 Å². The first-order valence-electron chi connectivity index (χ1n) is 7.69. The van der Waals surface area contributed by atoms with Crippen molar-refractivity contribution in [1.29, 1.82) is 0 Å². The highest BCUT2D eigenvalue weighted by Crippen LogP contribution is 2.22.